The third kappa shape index (κ3) is 12.0. The Morgan fingerprint density at radius 2 is 1.59 bits per heavy atom. The van der Waals surface area contributed by atoms with Gasteiger partial charge in [0.05, 0.1) is 63.3 Å². The van der Waals surface area contributed by atoms with Crippen LogP contribution >= 0.6 is 0 Å². The molecule has 6 amide bonds. The molecule has 0 radical (unpaired) electrons. The molecule has 7 rings (SSSR count). The number of piperidine rings is 2. The summed E-state index contributed by atoms with van der Waals surface area (Å²) < 4.78 is 16.8. The number of fused-ring (bicyclic) bond motifs is 2. The molecule has 19 nitrogen and oxygen atoms in total. The SMILES string of the molecule is O=C1CCC(N2C(=O)c3cccc(NCCOCCOCCOCCC(=O)N4CCC(Nc5cc(C(=O)NC[C@H](O)CN6CCc7ccccc7C6)ncn5)CC4)c3C2=O)C(=O)N1. The lowest BCUT2D eigenvalue weighted by Gasteiger charge is -2.32. The summed E-state index contributed by atoms with van der Waals surface area (Å²) in [5.41, 5.74) is 3.68. The van der Waals surface area contributed by atoms with Gasteiger partial charge in [0.1, 0.15) is 23.9 Å². The topological polar surface area (TPSA) is 234 Å². The van der Waals surface area contributed by atoms with Crippen molar-refractivity contribution >= 4 is 46.9 Å². The summed E-state index contributed by atoms with van der Waals surface area (Å²) in [7, 11) is 0. The zero-order valence-corrected chi connectivity index (χ0v) is 35.2. The van der Waals surface area contributed by atoms with Gasteiger partial charge in [-0.1, -0.05) is 30.3 Å². The van der Waals surface area contributed by atoms with Gasteiger partial charge in [-0.2, -0.15) is 0 Å². The Hall–Kier alpha value is -5.86. The molecule has 4 aliphatic heterocycles. The van der Waals surface area contributed by atoms with Gasteiger partial charge in [0.15, 0.2) is 0 Å². The van der Waals surface area contributed by atoms with Crippen LogP contribution in [0.25, 0.3) is 0 Å². The number of aromatic nitrogens is 2. The highest BCUT2D eigenvalue weighted by Gasteiger charge is 2.45. The van der Waals surface area contributed by atoms with E-state index < -0.39 is 35.8 Å². The molecule has 2 atom stereocenters. The van der Waals surface area contributed by atoms with Crippen LogP contribution < -0.4 is 21.3 Å². The smallest absolute Gasteiger partial charge is 0.270 e. The van der Waals surface area contributed by atoms with Gasteiger partial charge in [0, 0.05) is 70.0 Å². The summed E-state index contributed by atoms with van der Waals surface area (Å²) in [6.07, 6.45) is 3.41. The largest absolute Gasteiger partial charge is 0.390 e. The normalized spacial score (nSPS) is 18.5. The van der Waals surface area contributed by atoms with Crippen LogP contribution in [0, 0.1) is 0 Å². The number of anilines is 2. The number of carbonyl (C=O) groups excluding carboxylic acids is 6. The van der Waals surface area contributed by atoms with Gasteiger partial charge in [-0.05, 0) is 48.9 Å². The quantitative estimate of drug-likeness (QED) is 0.0742. The van der Waals surface area contributed by atoms with Crippen LogP contribution in [0.2, 0.25) is 0 Å². The number of amides is 6. The zero-order chi connectivity index (χ0) is 44.1. The van der Waals surface area contributed by atoms with E-state index in [0.717, 1.165) is 37.3 Å². The summed E-state index contributed by atoms with van der Waals surface area (Å²) in [6, 6.07) is 13.9. The third-order valence-electron chi connectivity index (χ3n) is 11.5. The number of rotatable bonds is 21. The average Bonchev–Trinajstić information content (AvgIpc) is 3.54. The van der Waals surface area contributed by atoms with Crippen LogP contribution in [-0.4, -0.2) is 162 Å². The van der Waals surface area contributed by atoms with Crippen LogP contribution in [0.3, 0.4) is 0 Å². The van der Waals surface area contributed by atoms with E-state index in [1.54, 1.807) is 24.3 Å². The number of nitrogens with one attached hydrogen (secondary N) is 4. The number of aliphatic hydroxyl groups excluding tert-OH is 1. The minimum Gasteiger partial charge on any atom is -0.390 e. The molecule has 0 aliphatic carbocycles. The van der Waals surface area contributed by atoms with Crippen molar-refractivity contribution in [3.05, 3.63) is 82.8 Å². The molecular formula is C44H55N9O10. The van der Waals surface area contributed by atoms with Crippen LogP contribution in [0.5, 0.6) is 0 Å². The van der Waals surface area contributed by atoms with Crippen molar-refractivity contribution in [2.45, 2.75) is 63.3 Å². The monoisotopic (exact) mass is 869 g/mol. The molecule has 0 saturated carbocycles. The Labute approximate surface area is 365 Å². The van der Waals surface area contributed by atoms with E-state index in [1.165, 1.54) is 17.5 Å². The average molecular weight is 870 g/mol. The molecule has 3 aromatic rings. The number of carbonyl (C=O) groups is 6. The summed E-state index contributed by atoms with van der Waals surface area (Å²) in [4.78, 5) is 89.2. The number of ether oxygens (including phenoxy) is 3. The predicted octanol–water partition coefficient (Wildman–Crippen LogP) is 0.982. The highest BCUT2D eigenvalue weighted by molar-refractivity contribution is 6.25. The maximum atomic E-state index is 13.2. The maximum Gasteiger partial charge on any atom is 0.270 e. The summed E-state index contributed by atoms with van der Waals surface area (Å²) in [5.74, 6) is -2.06. The van der Waals surface area contributed by atoms with Crippen LogP contribution in [0.1, 0.15) is 74.4 Å². The Bertz CT molecular complexity index is 2130. The minimum atomic E-state index is -1.03. The lowest BCUT2D eigenvalue weighted by molar-refractivity contribution is -0.136. The first kappa shape index (κ1) is 45.2. The van der Waals surface area contributed by atoms with E-state index in [9.17, 15) is 33.9 Å². The van der Waals surface area contributed by atoms with Crippen molar-refractivity contribution in [1.29, 1.82) is 0 Å². The van der Waals surface area contributed by atoms with Gasteiger partial charge in [-0.25, -0.2) is 9.97 Å². The van der Waals surface area contributed by atoms with E-state index >= 15 is 0 Å². The van der Waals surface area contributed by atoms with Crippen molar-refractivity contribution in [2.75, 3.05) is 89.5 Å². The fourth-order valence-corrected chi connectivity index (χ4v) is 8.20. The highest BCUT2D eigenvalue weighted by Crippen LogP contribution is 2.32. The number of likely N-dealkylation sites (tertiary alicyclic amines) is 1. The molecule has 4 aliphatic rings. The molecule has 5 N–H and O–H groups in total. The standard InChI is InChI=1S/C44H55N9O10/c54-32(27-51-15-10-29-4-1-2-5-30(29)26-51)25-46-41(57)35-24-37(48-28-47-35)49-31-11-16-52(17-12-31)39(56)13-18-61-20-22-63-23-21-62-19-14-45-34-7-3-6-33-40(34)44(60)53(43(33)59)36-8-9-38(55)50-42(36)58/h1-7,24,28,31-32,36,45,54H,8-23,25-27H2,(H,46,57)(H,47,48,49)(H,50,55,58)/t32-,36?/m0/s1. The second-order valence-electron chi connectivity index (χ2n) is 15.9. The first-order valence-electron chi connectivity index (χ1n) is 21.6. The second-order valence-corrected chi connectivity index (χ2v) is 15.9. The molecular weight excluding hydrogens is 815 g/mol. The first-order chi connectivity index (χ1) is 30.6. The van der Waals surface area contributed by atoms with Gasteiger partial charge in [0.25, 0.3) is 17.7 Å². The van der Waals surface area contributed by atoms with Crippen molar-refractivity contribution in [2.24, 2.45) is 0 Å². The van der Waals surface area contributed by atoms with Gasteiger partial charge in [0.2, 0.25) is 17.7 Å². The van der Waals surface area contributed by atoms with Crippen molar-refractivity contribution in [3.63, 3.8) is 0 Å². The number of aliphatic hydroxyl groups is 1. The second kappa shape index (κ2) is 22.0. The molecule has 19 heteroatoms. The molecule has 63 heavy (non-hydrogen) atoms. The van der Waals surface area contributed by atoms with Crippen LogP contribution in [0.4, 0.5) is 11.5 Å². The number of imide groups is 2. The van der Waals surface area contributed by atoms with Gasteiger partial charge in [-0.3, -0.25) is 43.9 Å². The van der Waals surface area contributed by atoms with E-state index in [1.807, 2.05) is 17.0 Å². The maximum absolute atomic E-state index is 13.2. The first-order valence-corrected chi connectivity index (χ1v) is 21.6. The van der Waals surface area contributed by atoms with E-state index in [0.29, 0.717) is 70.7 Å². The molecule has 1 unspecified atom stereocenters. The predicted molar refractivity (Wildman–Crippen MR) is 228 cm³/mol. The number of hydrogen-bond donors (Lipinski definition) is 5. The zero-order valence-electron chi connectivity index (χ0n) is 35.2. The highest BCUT2D eigenvalue weighted by atomic mass is 16.5. The van der Waals surface area contributed by atoms with E-state index in [-0.39, 0.29) is 67.1 Å². The minimum absolute atomic E-state index is 0.0210. The molecule has 2 aromatic carbocycles. The molecule has 0 bridgehead atoms. The summed E-state index contributed by atoms with van der Waals surface area (Å²) in [5, 5.41) is 22.1. The molecule has 5 heterocycles. The molecule has 0 spiro atoms. The van der Waals surface area contributed by atoms with Gasteiger partial charge >= 0.3 is 0 Å². The number of nitrogens with zero attached hydrogens (tertiary/aromatic N) is 5. The fraction of sp³-hybridized carbons (Fsp3) is 0.500. The molecule has 2 fully saturated rings. The lowest BCUT2D eigenvalue weighted by Crippen LogP contribution is -2.54. The Kier molecular flexibility index (Phi) is 15.8. The van der Waals surface area contributed by atoms with Crippen molar-refractivity contribution in [1.82, 2.24) is 35.3 Å². The number of hydrogen-bond acceptors (Lipinski definition) is 15. The van der Waals surface area contributed by atoms with Crippen molar-refractivity contribution < 1.29 is 48.1 Å². The molecule has 2 saturated heterocycles. The lowest BCUT2D eigenvalue weighted by atomic mass is 10.00. The van der Waals surface area contributed by atoms with Crippen molar-refractivity contribution in [3.8, 4) is 0 Å². The summed E-state index contributed by atoms with van der Waals surface area (Å²) >= 11 is 0. The molecule has 1 aromatic heterocycles. The molecule has 336 valence electrons. The Morgan fingerprint density at radius 1 is 0.841 bits per heavy atom. The van der Waals surface area contributed by atoms with Crippen LogP contribution in [-0.2, 0) is 41.6 Å². The van der Waals surface area contributed by atoms with E-state index in [4.69, 9.17) is 14.2 Å². The van der Waals surface area contributed by atoms with Crippen LogP contribution in [0.15, 0.2) is 54.9 Å². The Balaban J connectivity index is 0.698. The summed E-state index contributed by atoms with van der Waals surface area (Å²) in [6.45, 7) is 5.66. The van der Waals surface area contributed by atoms with E-state index in [2.05, 4.69) is 48.3 Å². The Morgan fingerprint density at radius 3 is 2.37 bits per heavy atom. The fourth-order valence-electron chi connectivity index (χ4n) is 8.20. The number of benzene rings is 2. The van der Waals surface area contributed by atoms with Gasteiger partial charge in [-0.15, -0.1) is 0 Å². The third-order valence-corrected chi connectivity index (χ3v) is 11.5. The van der Waals surface area contributed by atoms with Gasteiger partial charge < -0.3 is 40.2 Å². The number of β-amino-alcohol motifs (C(OH)–C–C–N with tert-alkyl or cyclic N) is 1.